The maximum atomic E-state index is 12.7. The highest BCUT2D eigenvalue weighted by Crippen LogP contribution is 2.26. The van der Waals surface area contributed by atoms with Gasteiger partial charge in [0.25, 0.3) is 11.5 Å². The van der Waals surface area contributed by atoms with Crippen LogP contribution in [-0.4, -0.2) is 27.1 Å². The van der Waals surface area contributed by atoms with E-state index in [1.807, 2.05) is 32.0 Å². The molecule has 0 saturated heterocycles. The van der Waals surface area contributed by atoms with Crippen molar-refractivity contribution in [1.29, 1.82) is 0 Å². The highest BCUT2D eigenvalue weighted by atomic mass is 16.3. The zero-order chi connectivity index (χ0) is 20.4. The van der Waals surface area contributed by atoms with E-state index in [1.165, 1.54) is 4.57 Å². The normalized spacial score (nSPS) is 11.0. The molecular formula is C21H24N4O3. The van der Waals surface area contributed by atoms with E-state index in [0.29, 0.717) is 24.2 Å². The fourth-order valence-corrected chi connectivity index (χ4v) is 3.15. The Balaban J connectivity index is 2.06. The summed E-state index contributed by atoms with van der Waals surface area (Å²) in [4.78, 5) is 29.3. The monoisotopic (exact) mass is 380 g/mol. The van der Waals surface area contributed by atoms with Crippen LogP contribution in [0.2, 0.25) is 0 Å². The van der Waals surface area contributed by atoms with E-state index in [9.17, 15) is 14.7 Å². The maximum absolute atomic E-state index is 12.7. The van der Waals surface area contributed by atoms with Gasteiger partial charge in [-0.05, 0) is 42.2 Å². The zero-order valence-corrected chi connectivity index (χ0v) is 16.2. The van der Waals surface area contributed by atoms with Crippen molar-refractivity contribution in [3.05, 3.63) is 63.1 Å². The van der Waals surface area contributed by atoms with Gasteiger partial charge in [0, 0.05) is 31.9 Å². The number of aromatic hydroxyl groups is 1. The SMILES string of the molecule is CCCNC(=O)c1c(O)c2ncc(Cc3ccc(C)cc3N)cc2n(C)c1=O. The van der Waals surface area contributed by atoms with Crippen LogP contribution in [0.1, 0.15) is 40.4 Å². The fourth-order valence-electron chi connectivity index (χ4n) is 3.15. The Morgan fingerprint density at radius 2 is 2.07 bits per heavy atom. The Morgan fingerprint density at radius 1 is 1.32 bits per heavy atom. The lowest BCUT2D eigenvalue weighted by Gasteiger charge is -2.13. The van der Waals surface area contributed by atoms with E-state index in [1.54, 1.807) is 19.3 Å². The largest absolute Gasteiger partial charge is 0.505 e. The standard InChI is InChI=1S/C21H24N4O3/c1-4-7-23-20(27)17-19(26)18-16(25(3)21(17)28)10-13(11-24-18)9-14-6-5-12(2)8-15(14)22/h5-6,8,10-11,26H,4,7,9,22H2,1-3H3,(H,23,27). The first kappa shape index (κ1) is 19.4. The number of nitrogens with one attached hydrogen (secondary N) is 1. The Labute approximate surface area is 162 Å². The summed E-state index contributed by atoms with van der Waals surface area (Å²) >= 11 is 0. The molecule has 0 radical (unpaired) electrons. The molecule has 0 unspecified atom stereocenters. The first-order valence-electron chi connectivity index (χ1n) is 9.17. The third-order valence-corrected chi connectivity index (χ3v) is 4.72. The average Bonchev–Trinajstić information content (AvgIpc) is 2.67. The highest BCUT2D eigenvalue weighted by molar-refractivity contribution is 6.01. The number of aromatic nitrogens is 2. The summed E-state index contributed by atoms with van der Waals surface area (Å²) in [7, 11) is 1.56. The van der Waals surface area contributed by atoms with Gasteiger partial charge in [-0.3, -0.25) is 14.6 Å². The minimum Gasteiger partial charge on any atom is -0.505 e. The topological polar surface area (TPSA) is 110 Å². The number of fused-ring (bicyclic) bond motifs is 1. The number of rotatable bonds is 5. The van der Waals surface area contributed by atoms with Gasteiger partial charge in [0.2, 0.25) is 0 Å². The molecule has 0 spiro atoms. The van der Waals surface area contributed by atoms with Gasteiger partial charge < -0.3 is 20.7 Å². The Morgan fingerprint density at radius 3 is 2.75 bits per heavy atom. The molecule has 28 heavy (non-hydrogen) atoms. The summed E-state index contributed by atoms with van der Waals surface area (Å²) in [6.07, 6.45) is 2.90. The smallest absolute Gasteiger partial charge is 0.267 e. The zero-order valence-electron chi connectivity index (χ0n) is 16.2. The van der Waals surface area contributed by atoms with E-state index >= 15 is 0 Å². The molecule has 146 valence electrons. The Kier molecular flexibility index (Phi) is 5.35. The number of carbonyl (C=O) groups is 1. The van der Waals surface area contributed by atoms with Crippen molar-refractivity contribution >= 4 is 22.6 Å². The van der Waals surface area contributed by atoms with Gasteiger partial charge in [-0.15, -0.1) is 0 Å². The van der Waals surface area contributed by atoms with Gasteiger partial charge in [0.1, 0.15) is 11.1 Å². The van der Waals surface area contributed by atoms with Crippen LogP contribution in [0.3, 0.4) is 0 Å². The van der Waals surface area contributed by atoms with Gasteiger partial charge in [0.05, 0.1) is 5.52 Å². The van der Waals surface area contributed by atoms with Crippen molar-refractivity contribution in [2.75, 3.05) is 12.3 Å². The van der Waals surface area contributed by atoms with E-state index in [0.717, 1.165) is 23.1 Å². The van der Waals surface area contributed by atoms with Crippen LogP contribution in [0, 0.1) is 6.92 Å². The van der Waals surface area contributed by atoms with Crippen LogP contribution in [0.5, 0.6) is 5.75 Å². The van der Waals surface area contributed by atoms with Crippen LogP contribution in [-0.2, 0) is 13.5 Å². The minimum atomic E-state index is -0.597. The van der Waals surface area contributed by atoms with Crippen molar-refractivity contribution in [2.45, 2.75) is 26.7 Å². The number of nitrogen functional groups attached to an aromatic ring is 1. The second kappa shape index (κ2) is 7.72. The third-order valence-electron chi connectivity index (χ3n) is 4.72. The van der Waals surface area contributed by atoms with Gasteiger partial charge in [0.15, 0.2) is 5.75 Å². The predicted octanol–water partition coefficient (Wildman–Crippen LogP) is 2.26. The van der Waals surface area contributed by atoms with Crippen LogP contribution in [0.4, 0.5) is 5.69 Å². The van der Waals surface area contributed by atoms with Crippen molar-refractivity contribution in [3.8, 4) is 5.75 Å². The number of amides is 1. The lowest BCUT2D eigenvalue weighted by Crippen LogP contribution is -2.33. The number of carbonyl (C=O) groups excluding carboxylic acids is 1. The van der Waals surface area contributed by atoms with E-state index < -0.39 is 17.2 Å². The van der Waals surface area contributed by atoms with Crippen molar-refractivity contribution in [3.63, 3.8) is 0 Å². The van der Waals surface area contributed by atoms with Gasteiger partial charge in [-0.1, -0.05) is 19.1 Å². The summed E-state index contributed by atoms with van der Waals surface area (Å²) in [5, 5.41) is 13.1. The molecule has 0 aliphatic carbocycles. The average molecular weight is 380 g/mol. The summed E-state index contributed by atoms with van der Waals surface area (Å²) in [5.41, 5.74) is 9.49. The van der Waals surface area contributed by atoms with Gasteiger partial charge in [-0.25, -0.2) is 0 Å². The second-order valence-electron chi connectivity index (χ2n) is 6.93. The number of nitrogens with zero attached hydrogens (tertiary/aromatic N) is 2. The molecular weight excluding hydrogens is 356 g/mol. The maximum Gasteiger partial charge on any atom is 0.267 e. The van der Waals surface area contributed by atoms with Crippen molar-refractivity contribution in [2.24, 2.45) is 7.05 Å². The lowest BCUT2D eigenvalue weighted by atomic mass is 10.0. The highest BCUT2D eigenvalue weighted by Gasteiger charge is 2.22. The molecule has 0 fully saturated rings. The number of hydrogen-bond acceptors (Lipinski definition) is 5. The van der Waals surface area contributed by atoms with Gasteiger partial charge >= 0.3 is 0 Å². The van der Waals surface area contributed by atoms with Crippen molar-refractivity contribution in [1.82, 2.24) is 14.9 Å². The summed E-state index contributed by atoms with van der Waals surface area (Å²) in [5.74, 6) is -0.992. The molecule has 0 saturated carbocycles. The Bertz CT molecular complexity index is 1120. The number of aryl methyl sites for hydroxylation is 2. The molecule has 7 nitrogen and oxygen atoms in total. The van der Waals surface area contributed by atoms with Gasteiger partial charge in [-0.2, -0.15) is 0 Å². The molecule has 3 rings (SSSR count). The van der Waals surface area contributed by atoms with E-state index in [4.69, 9.17) is 5.73 Å². The molecule has 4 N–H and O–H groups in total. The quantitative estimate of drug-likeness (QED) is 0.588. The minimum absolute atomic E-state index is 0.212. The second-order valence-corrected chi connectivity index (χ2v) is 6.93. The molecule has 0 bridgehead atoms. The number of hydrogen-bond donors (Lipinski definition) is 3. The summed E-state index contributed by atoms with van der Waals surface area (Å²) in [6.45, 7) is 4.30. The van der Waals surface area contributed by atoms with E-state index in [-0.39, 0.29) is 11.1 Å². The van der Waals surface area contributed by atoms with E-state index in [2.05, 4.69) is 10.3 Å². The fraction of sp³-hybridized carbons (Fsp3) is 0.286. The van der Waals surface area contributed by atoms with Crippen LogP contribution in [0.25, 0.3) is 11.0 Å². The number of pyridine rings is 2. The molecule has 2 aromatic heterocycles. The number of benzene rings is 1. The third kappa shape index (κ3) is 3.55. The molecule has 3 aromatic rings. The van der Waals surface area contributed by atoms with Crippen LogP contribution >= 0.6 is 0 Å². The van der Waals surface area contributed by atoms with Crippen LogP contribution in [0.15, 0.2) is 35.3 Å². The molecule has 0 atom stereocenters. The predicted molar refractivity (Wildman–Crippen MR) is 110 cm³/mol. The van der Waals surface area contributed by atoms with Crippen LogP contribution < -0.4 is 16.6 Å². The molecule has 0 aliphatic rings. The van der Waals surface area contributed by atoms with Crippen molar-refractivity contribution < 1.29 is 9.90 Å². The Hall–Kier alpha value is -3.35. The number of nitrogens with two attached hydrogens (primary N) is 1. The summed E-state index contributed by atoms with van der Waals surface area (Å²) < 4.78 is 1.34. The number of anilines is 1. The molecule has 1 amide bonds. The molecule has 0 aliphatic heterocycles. The molecule has 7 heteroatoms. The summed E-state index contributed by atoms with van der Waals surface area (Å²) in [6, 6.07) is 7.65. The first-order valence-corrected chi connectivity index (χ1v) is 9.17. The first-order chi connectivity index (χ1) is 13.3. The molecule has 1 aromatic carbocycles. The molecule has 2 heterocycles. The lowest BCUT2D eigenvalue weighted by molar-refractivity contribution is 0.0949.